The van der Waals surface area contributed by atoms with Crippen LogP contribution in [0.15, 0.2) is 71.0 Å². The number of nitrogens with zero attached hydrogens (tertiary/aromatic N) is 1. The monoisotopic (exact) mass is 346 g/mol. The van der Waals surface area contributed by atoms with Crippen LogP contribution >= 0.6 is 11.3 Å². The van der Waals surface area contributed by atoms with Crippen molar-refractivity contribution < 1.29 is 9.59 Å². The number of carbonyl (C=O) groups is 2. The average molecular weight is 346 g/mol. The topological polar surface area (TPSA) is 58.5 Å². The van der Waals surface area contributed by atoms with Gasteiger partial charge in [0.15, 0.2) is 5.78 Å². The number of anilines is 1. The molecule has 0 bridgehead atoms. The Labute approximate surface area is 148 Å². The van der Waals surface area contributed by atoms with Gasteiger partial charge in [-0.15, -0.1) is 11.3 Å². The Morgan fingerprint density at radius 3 is 2.60 bits per heavy atom. The van der Waals surface area contributed by atoms with Crippen molar-refractivity contribution in [2.75, 3.05) is 5.32 Å². The van der Waals surface area contributed by atoms with E-state index in [0.29, 0.717) is 22.5 Å². The standard InChI is InChI=1S/C20H14N2O2S/c23-19-12-17(18-7-4-10-25-18)21-15-9-8-14(11-16(15)22-19)20(24)13-5-2-1-3-6-13/h1-11H,12H2,(H,22,23). The maximum atomic E-state index is 12.6. The molecule has 2 aromatic carbocycles. The summed E-state index contributed by atoms with van der Waals surface area (Å²) in [5.41, 5.74) is 3.12. The second kappa shape index (κ2) is 6.45. The Balaban J connectivity index is 1.74. The Bertz CT molecular complexity index is 976. The first kappa shape index (κ1) is 15.5. The van der Waals surface area contributed by atoms with Crippen LogP contribution in [0.3, 0.4) is 0 Å². The minimum atomic E-state index is -0.129. The van der Waals surface area contributed by atoms with Gasteiger partial charge in [0.2, 0.25) is 5.91 Å². The Morgan fingerprint density at radius 2 is 1.84 bits per heavy atom. The summed E-state index contributed by atoms with van der Waals surface area (Å²) in [6.45, 7) is 0. The van der Waals surface area contributed by atoms with Gasteiger partial charge in [0.25, 0.3) is 0 Å². The quantitative estimate of drug-likeness (QED) is 0.713. The smallest absolute Gasteiger partial charge is 0.230 e. The van der Waals surface area contributed by atoms with E-state index in [1.165, 1.54) is 0 Å². The molecule has 1 amide bonds. The van der Waals surface area contributed by atoms with Gasteiger partial charge in [-0.2, -0.15) is 0 Å². The zero-order chi connectivity index (χ0) is 17.2. The summed E-state index contributed by atoms with van der Waals surface area (Å²) in [7, 11) is 0. The molecule has 0 radical (unpaired) electrons. The van der Waals surface area contributed by atoms with Crippen LogP contribution in [0.5, 0.6) is 0 Å². The average Bonchev–Trinajstić information content (AvgIpc) is 3.11. The predicted molar refractivity (Wildman–Crippen MR) is 100 cm³/mol. The molecular weight excluding hydrogens is 332 g/mol. The summed E-state index contributed by atoms with van der Waals surface area (Å²) >= 11 is 1.56. The maximum Gasteiger partial charge on any atom is 0.230 e. The maximum absolute atomic E-state index is 12.6. The van der Waals surface area contributed by atoms with Gasteiger partial charge in [0.1, 0.15) is 0 Å². The molecule has 0 spiro atoms. The molecule has 1 aromatic heterocycles. The number of fused-ring (bicyclic) bond motifs is 1. The molecule has 5 heteroatoms. The Hall–Kier alpha value is -3.05. The lowest BCUT2D eigenvalue weighted by Crippen LogP contribution is -2.14. The lowest BCUT2D eigenvalue weighted by atomic mass is 10.0. The van der Waals surface area contributed by atoms with Crippen molar-refractivity contribution in [3.8, 4) is 0 Å². The van der Waals surface area contributed by atoms with Gasteiger partial charge in [0.05, 0.1) is 23.5 Å². The molecule has 0 saturated heterocycles. The third-order valence-corrected chi connectivity index (χ3v) is 4.88. The van der Waals surface area contributed by atoms with E-state index in [1.807, 2.05) is 35.7 Å². The molecule has 0 saturated carbocycles. The number of rotatable bonds is 3. The number of carbonyl (C=O) groups excluding carboxylic acids is 2. The largest absolute Gasteiger partial charge is 0.324 e. The Morgan fingerprint density at radius 1 is 1.00 bits per heavy atom. The van der Waals surface area contributed by atoms with Crippen LogP contribution in [-0.4, -0.2) is 17.4 Å². The number of ketones is 1. The van der Waals surface area contributed by atoms with Crippen molar-refractivity contribution in [3.63, 3.8) is 0 Å². The van der Waals surface area contributed by atoms with Gasteiger partial charge in [-0.05, 0) is 29.6 Å². The summed E-state index contributed by atoms with van der Waals surface area (Å²) < 4.78 is 0. The highest BCUT2D eigenvalue weighted by atomic mass is 32.1. The van der Waals surface area contributed by atoms with Crippen molar-refractivity contribution >= 4 is 40.1 Å². The van der Waals surface area contributed by atoms with Gasteiger partial charge in [-0.3, -0.25) is 9.59 Å². The molecule has 1 aliphatic heterocycles. The molecule has 4 rings (SSSR count). The molecule has 2 heterocycles. The number of benzene rings is 2. The summed E-state index contributed by atoms with van der Waals surface area (Å²) in [4.78, 5) is 30.5. The Kier molecular flexibility index (Phi) is 3.99. The number of nitrogens with one attached hydrogen (secondary N) is 1. The van der Waals surface area contributed by atoms with Crippen LogP contribution in [0.25, 0.3) is 0 Å². The fourth-order valence-electron chi connectivity index (χ4n) is 2.75. The molecular formula is C20H14N2O2S. The van der Waals surface area contributed by atoms with E-state index < -0.39 is 0 Å². The van der Waals surface area contributed by atoms with Crippen LogP contribution in [0, 0.1) is 0 Å². The molecule has 122 valence electrons. The fraction of sp³-hybridized carbons (Fsp3) is 0.0500. The van der Waals surface area contributed by atoms with Crippen LogP contribution in [0.4, 0.5) is 11.4 Å². The number of hydrogen-bond acceptors (Lipinski definition) is 4. The van der Waals surface area contributed by atoms with Gasteiger partial charge >= 0.3 is 0 Å². The molecule has 0 unspecified atom stereocenters. The predicted octanol–water partition coefficient (Wildman–Crippen LogP) is 4.44. The molecule has 1 aliphatic rings. The van der Waals surface area contributed by atoms with E-state index in [-0.39, 0.29) is 18.1 Å². The van der Waals surface area contributed by atoms with E-state index in [4.69, 9.17) is 0 Å². The lowest BCUT2D eigenvalue weighted by Gasteiger charge is -2.07. The second-order valence-corrected chi connectivity index (χ2v) is 6.64. The first-order valence-electron chi connectivity index (χ1n) is 7.86. The highest BCUT2D eigenvalue weighted by Gasteiger charge is 2.19. The minimum Gasteiger partial charge on any atom is -0.324 e. The van der Waals surface area contributed by atoms with Gasteiger partial charge in [0, 0.05) is 16.0 Å². The third-order valence-electron chi connectivity index (χ3n) is 3.96. The molecule has 25 heavy (non-hydrogen) atoms. The molecule has 0 aliphatic carbocycles. The summed E-state index contributed by atoms with van der Waals surface area (Å²) in [6, 6.07) is 18.2. The van der Waals surface area contributed by atoms with E-state index >= 15 is 0 Å². The van der Waals surface area contributed by atoms with E-state index in [9.17, 15) is 9.59 Å². The van der Waals surface area contributed by atoms with Gasteiger partial charge in [-0.25, -0.2) is 4.99 Å². The number of amides is 1. The normalized spacial score (nSPS) is 13.4. The third kappa shape index (κ3) is 3.14. The molecule has 0 atom stereocenters. The number of hydrogen-bond donors (Lipinski definition) is 1. The molecule has 3 aromatic rings. The van der Waals surface area contributed by atoms with E-state index in [2.05, 4.69) is 10.3 Å². The highest BCUT2D eigenvalue weighted by Crippen LogP contribution is 2.31. The molecule has 0 fully saturated rings. The number of thiophene rings is 1. The van der Waals surface area contributed by atoms with E-state index in [0.717, 1.165) is 10.6 Å². The number of aliphatic imine (C=N–C) groups is 1. The second-order valence-electron chi connectivity index (χ2n) is 5.69. The van der Waals surface area contributed by atoms with Crippen molar-refractivity contribution in [2.24, 2.45) is 4.99 Å². The zero-order valence-corrected chi connectivity index (χ0v) is 14.0. The van der Waals surface area contributed by atoms with Crippen molar-refractivity contribution in [2.45, 2.75) is 6.42 Å². The summed E-state index contributed by atoms with van der Waals surface area (Å²) in [5.74, 6) is -0.209. The van der Waals surface area contributed by atoms with Crippen LogP contribution < -0.4 is 5.32 Å². The minimum absolute atomic E-state index is 0.0793. The van der Waals surface area contributed by atoms with Gasteiger partial charge in [-0.1, -0.05) is 36.4 Å². The van der Waals surface area contributed by atoms with Crippen molar-refractivity contribution in [1.82, 2.24) is 0 Å². The van der Waals surface area contributed by atoms with Crippen LogP contribution in [-0.2, 0) is 4.79 Å². The summed E-state index contributed by atoms with van der Waals surface area (Å²) in [6.07, 6.45) is 0.219. The summed E-state index contributed by atoms with van der Waals surface area (Å²) in [5, 5.41) is 4.82. The molecule has 1 N–H and O–H groups in total. The zero-order valence-electron chi connectivity index (χ0n) is 13.2. The van der Waals surface area contributed by atoms with Crippen molar-refractivity contribution in [3.05, 3.63) is 82.0 Å². The van der Waals surface area contributed by atoms with Crippen molar-refractivity contribution in [1.29, 1.82) is 0 Å². The first-order valence-corrected chi connectivity index (χ1v) is 8.74. The van der Waals surface area contributed by atoms with E-state index in [1.54, 1.807) is 41.7 Å². The fourth-order valence-corrected chi connectivity index (χ4v) is 3.46. The highest BCUT2D eigenvalue weighted by molar-refractivity contribution is 7.12. The lowest BCUT2D eigenvalue weighted by molar-refractivity contribution is -0.115. The first-order chi connectivity index (χ1) is 12.2. The van der Waals surface area contributed by atoms with Gasteiger partial charge < -0.3 is 5.32 Å². The van der Waals surface area contributed by atoms with Crippen LogP contribution in [0.1, 0.15) is 27.2 Å². The molecule has 4 nitrogen and oxygen atoms in total. The SMILES string of the molecule is O=C1CC(c2cccs2)=Nc2ccc(C(=O)c3ccccc3)cc2N1. The van der Waals surface area contributed by atoms with Crippen LogP contribution in [0.2, 0.25) is 0 Å².